The van der Waals surface area contributed by atoms with Crippen molar-refractivity contribution in [1.29, 1.82) is 0 Å². The van der Waals surface area contributed by atoms with Crippen molar-refractivity contribution < 1.29 is 0 Å². The van der Waals surface area contributed by atoms with Gasteiger partial charge in [-0.3, -0.25) is 0 Å². The number of rotatable bonds is 4. The van der Waals surface area contributed by atoms with Crippen molar-refractivity contribution in [1.82, 2.24) is 5.32 Å². The van der Waals surface area contributed by atoms with Crippen molar-refractivity contribution in [2.24, 2.45) is 9.98 Å². The molecule has 4 heteroatoms. The molecule has 1 aliphatic heterocycles. The second kappa shape index (κ2) is 8.58. The quantitative estimate of drug-likeness (QED) is 0.367. The average molecular weight is 422 g/mol. The Labute approximate surface area is 186 Å². The van der Waals surface area contributed by atoms with Crippen LogP contribution in [0.15, 0.2) is 119 Å². The van der Waals surface area contributed by atoms with Gasteiger partial charge in [0, 0.05) is 5.56 Å². The first kappa shape index (κ1) is 19.3. The summed E-state index contributed by atoms with van der Waals surface area (Å²) in [7, 11) is 0. The highest BCUT2D eigenvalue weighted by Gasteiger charge is 2.20. The highest BCUT2D eigenvalue weighted by molar-refractivity contribution is 6.65. The highest BCUT2D eigenvalue weighted by Crippen LogP contribution is 2.32. The number of amidine groups is 2. The SMILES string of the molecule is ClC1=NC(c2ccccc2)=NC(c2cc(-c3ccccc3)cc(-c3ccccc3)c2)N1. The molecular weight excluding hydrogens is 402 g/mol. The van der Waals surface area contributed by atoms with Crippen LogP contribution in [0.25, 0.3) is 22.3 Å². The lowest BCUT2D eigenvalue weighted by atomic mass is 9.95. The van der Waals surface area contributed by atoms with Crippen LogP contribution in [0, 0.1) is 0 Å². The van der Waals surface area contributed by atoms with E-state index in [1.54, 1.807) is 0 Å². The first-order valence-electron chi connectivity index (χ1n) is 10.2. The van der Waals surface area contributed by atoms with Gasteiger partial charge in [0.05, 0.1) is 0 Å². The maximum absolute atomic E-state index is 6.38. The van der Waals surface area contributed by atoms with E-state index in [0.29, 0.717) is 11.1 Å². The Hall–Kier alpha value is -3.69. The number of hydrogen-bond acceptors (Lipinski definition) is 3. The molecule has 0 fully saturated rings. The van der Waals surface area contributed by atoms with E-state index in [4.69, 9.17) is 16.6 Å². The zero-order valence-corrected chi connectivity index (χ0v) is 17.5. The lowest BCUT2D eigenvalue weighted by Crippen LogP contribution is -2.29. The zero-order chi connectivity index (χ0) is 21.0. The molecule has 1 unspecified atom stereocenters. The summed E-state index contributed by atoms with van der Waals surface area (Å²) in [5, 5.41) is 3.56. The van der Waals surface area contributed by atoms with Crippen LogP contribution in [0.3, 0.4) is 0 Å². The van der Waals surface area contributed by atoms with Gasteiger partial charge in [0.2, 0.25) is 0 Å². The van der Waals surface area contributed by atoms with Gasteiger partial charge in [-0.25, -0.2) is 9.98 Å². The smallest absolute Gasteiger partial charge is 0.199 e. The molecule has 150 valence electrons. The lowest BCUT2D eigenvalue weighted by molar-refractivity contribution is 0.680. The van der Waals surface area contributed by atoms with Gasteiger partial charge in [-0.1, -0.05) is 91.0 Å². The predicted octanol–water partition coefficient (Wildman–Crippen LogP) is 6.66. The predicted molar refractivity (Wildman–Crippen MR) is 129 cm³/mol. The highest BCUT2D eigenvalue weighted by atomic mass is 35.5. The molecule has 1 aliphatic rings. The molecule has 0 saturated carbocycles. The van der Waals surface area contributed by atoms with Crippen LogP contribution in [0.5, 0.6) is 0 Å². The number of nitrogens with zero attached hydrogens (tertiary/aromatic N) is 2. The molecule has 0 aromatic heterocycles. The van der Waals surface area contributed by atoms with Crippen molar-refractivity contribution in [3.63, 3.8) is 0 Å². The monoisotopic (exact) mass is 421 g/mol. The Kier molecular flexibility index (Phi) is 5.34. The third-order valence-electron chi connectivity index (χ3n) is 5.23. The second-order valence-electron chi connectivity index (χ2n) is 7.34. The van der Waals surface area contributed by atoms with E-state index < -0.39 is 0 Å². The van der Waals surface area contributed by atoms with E-state index in [-0.39, 0.29) is 6.17 Å². The van der Waals surface area contributed by atoms with Gasteiger partial charge in [-0.05, 0) is 57.6 Å². The van der Waals surface area contributed by atoms with E-state index in [2.05, 4.69) is 77.0 Å². The number of aliphatic imine (C=N–C) groups is 2. The number of benzene rings is 4. The molecule has 1 atom stereocenters. The summed E-state index contributed by atoms with van der Waals surface area (Å²) >= 11 is 6.38. The molecule has 4 aromatic carbocycles. The normalized spacial score (nSPS) is 15.6. The van der Waals surface area contributed by atoms with Crippen LogP contribution < -0.4 is 5.32 Å². The van der Waals surface area contributed by atoms with Crippen LogP contribution in [-0.2, 0) is 0 Å². The Morgan fingerprint density at radius 1 is 0.581 bits per heavy atom. The summed E-state index contributed by atoms with van der Waals surface area (Å²) in [6.45, 7) is 0. The molecule has 0 amide bonds. The van der Waals surface area contributed by atoms with Gasteiger partial charge in [-0.2, -0.15) is 0 Å². The van der Waals surface area contributed by atoms with Gasteiger partial charge in [-0.15, -0.1) is 0 Å². The molecule has 4 aromatic rings. The number of halogens is 1. The number of nitrogens with one attached hydrogen (secondary N) is 1. The molecule has 0 aliphatic carbocycles. The van der Waals surface area contributed by atoms with Crippen LogP contribution in [0.4, 0.5) is 0 Å². The minimum Gasteiger partial charge on any atom is -0.335 e. The molecule has 0 bridgehead atoms. The topological polar surface area (TPSA) is 36.8 Å². The van der Waals surface area contributed by atoms with Crippen molar-refractivity contribution in [3.8, 4) is 22.3 Å². The fourth-order valence-corrected chi connectivity index (χ4v) is 3.89. The Bertz CT molecular complexity index is 1190. The molecule has 31 heavy (non-hydrogen) atoms. The van der Waals surface area contributed by atoms with Crippen LogP contribution in [0.1, 0.15) is 17.3 Å². The van der Waals surface area contributed by atoms with Crippen LogP contribution in [-0.4, -0.2) is 11.1 Å². The first-order valence-corrected chi connectivity index (χ1v) is 10.5. The molecule has 1 heterocycles. The fourth-order valence-electron chi connectivity index (χ4n) is 3.71. The van der Waals surface area contributed by atoms with Gasteiger partial charge >= 0.3 is 0 Å². The van der Waals surface area contributed by atoms with Crippen molar-refractivity contribution in [3.05, 3.63) is 120 Å². The van der Waals surface area contributed by atoms with E-state index >= 15 is 0 Å². The Balaban J connectivity index is 1.63. The maximum atomic E-state index is 6.38. The molecule has 1 N–H and O–H groups in total. The zero-order valence-electron chi connectivity index (χ0n) is 16.7. The van der Waals surface area contributed by atoms with Crippen molar-refractivity contribution >= 4 is 22.7 Å². The summed E-state index contributed by atoms with van der Waals surface area (Å²) in [6.07, 6.45) is -0.327. The minimum absolute atomic E-state index is 0.327. The number of hydrogen-bond donors (Lipinski definition) is 1. The second-order valence-corrected chi connectivity index (χ2v) is 7.70. The van der Waals surface area contributed by atoms with Crippen LogP contribution >= 0.6 is 11.6 Å². The summed E-state index contributed by atoms with van der Waals surface area (Å²) in [6, 6.07) is 37.2. The molecule has 0 radical (unpaired) electrons. The average Bonchev–Trinajstić information content (AvgIpc) is 2.85. The third-order valence-corrected chi connectivity index (χ3v) is 5.42. The summed E-state index contributed by atoms with van der Waals surface area (Å²) in [5.74, 6) is 0.626. The van der Waals surface area contributed by atoms with Gasteiger partial charge in [0.25, 0.3) is 0 Å². The standard InChI is InChI=1S/C27H20ClN3/c28-27-30-25(21-14-8-3-9-15-21)29-26(31-27)24-17-22(19-10-4-1-5-11-19)16-23(18-24)20-12-6-2-7-13-20/h1-18,26H,(H,29,30,31). The van der Waals surface area contributed by atoms with E-state index in [1.807, 2.05) is 42.5 Å². The summed E-state index contributed by atoms with van der Waals surface area (Å²) in [4.78, 5) is 9.29. The van der Waals surface area contributed by atoms with Gasteiger partial charge < -0.3 is 5.32 Å². The van der Waals surface area contributed by atoms with Crippen LogP contribution in [0.2, 0.25) is 0 Å². The van der Waals surface area contributed by atoms with Gasteiger partial charge in [0.1, 0.15) is 6.17 Å². The Morgan fingerprint density at radius 3 is 1.58 bits per heavy atom. The molecule has 0 saturated heterocycles. The van der Waals surface area contributed by atoms with Crippen molar-refractivity contribution in [2.75, 3.05) is 0 Å². The summed E-state index contributed by atoms with van der Waals surface area (Å²) in [5.41, 5.74) is 6.55. The lowest BCUT2D eigenvalue weighted by Gasteiger charge is -2.22. The molecular formula is C27H20ClN3. The first-order chi connectivity index (χ1) is 15.3. The van der Waals surface area contributed by atoms with E-state index in [0.717, 1.165) is 33.4 Å². The largest absolute Gasteiger partial charge is 0.335 e. The maximum Gasteiger partial charge on any atom is 0.199 e. The third kappa shape index (κ3) is 4.27. The minimum atomic E-state index is -0.327. The van der Waals surface area contributed by atoms with E-state index in [9.17, 15) is 0 Å². The van der Waals surface area contributed by atoms with E-state index in [1.165, 1.54) is 0 Å². The Morgan fingerprint density at radius 2 is 1.06 bits per heavy atom. The summed E-state index contributed by atoms with van der Waals surface area (Å²) < 4.78 is 0. The fraction of sp³-hybridized carbons (Fsp3) is 0.0370. The van der Waals surface area contributed by atoms with Crippen molar-refractivity contribution in [2.45, 2.75) is 6.17 Å². The molecule has 3 nitrogen and oxygen atoms in total. The molecule has 0 spiro atoms. The molecule has 5 rings (SSSR count). The van der Waals surface area contributed by atoms with Gasteiger partial charge in [0.15, 0.2) is 11.1 Å².